The van der Waals surface area contributed by atoms with Crippen LogP contribution in [0.3, 0.4) is 0 Å². The molecule has 7 heteroatoms. The zero-order valence-corrected chi connectivity index (χ0v) is 11.5. The molecule has 0 saturated heterocycles. The molecule has 0 aliphatic heterocycles. The van der Waals surface area contributed by atoms with E-state index in [9.17, 15) is 4.79 Å². The Kier molecular flexibility index (Phi) is 3.17. The van der Waals surface area contributed by atoms with E-state index in [-0.39, 0.29) is 5.56 Å². The molecule has 0 saturated carbocycles. The molecule has 1 aliphatic carbocycles. The maximum Gasteiger partial charge on any atom is 0.254 e. The first-order valence-corrected chi connectivity index (χ1v) is 7.56. The number of thioether (sulfide) groups is 1. The maximum atomic E-state index is 11.8. The van der Waals surface area contributed by atoms with Crippen LogP contribution < -0.4 is 5.56 Å². The summed E-state index contributed by atoms with van der Waals surface area (Å²) in [5.41, 5.74) is 1.86. The number of hydrogen-bond donors (Lipinski definition) is 1. The molecular formula is C11H12N4OS2. The number of nitrogens with zero attached hydrogens (tertiary/aromatic N) is 3. The predicted octanol–water partition coefficient (Wildman–Crippen LogP) is 1.71. The second kappa shape index (κ2) is 4.81. The van der Waals surface area contributed by atoms with E-state index >= 15 is 0 Å². The summed E-state index contributed by atoms with van der Waals surface area (Å²) >= 11 is 3.08. The molecule has 0 radical (unpaired) electrons. The van der Waals surface area contributed by atoms with Gasteiger partial charge in [0.2, 0.25) is 0 Å². The molecule has 0 amide bonds. The van der Waals surface area contributed by atoms with E-state index in [1.165, 1.54) is 11.8 Å². The average molecular weight is 280 g/mol. The fraction of sp³-hybridized carbons (Fsp3) is 0.455. The van der Waals surface area contributed by atoms with Gasteiger partial charge in [-0.25, -0.2) is 4.98 Å². The molecule has 2 heterocycles. The third-order valence-electron chi connectivity index (χ3n) is 2.82. The number of fused-ring (bicyclic) bond motifs is 1. The molecular weight excluding hydrogens is 268 g/mol. The van der Waals surface area contributed by atoms with Crippen molar-refractivity contribution < 1.29 is 0 Å². The van der Waals surface area contributed by atoms with Crippen molar-refractivity contribution in [1.82, 2.24) is 20.2 Å². The van der Waals surface area contributed by atoms with Gasteiger partial charge in [0, 0.05) is 5.56 Å². The number of aromatic amines is 1. The molecule has 5 nitrogen and oxygen atoms in total. The van der Waals surface area contributed by atoms with Crippen LogP contribution in [-0.4, -0.2) is 20.2 Å². The zero-order valence-electron chi connectivity index (χ0n) is 9.89. The Hall–Kier alpha value is -1.21. The normalized spacial score (nSPS) is 13.8. The Labute approximate surface area is 112 Å². The monoisotopic (exact) mass is 280 g/mol. The number of H-pyrrole nitrogens is 1. The van der Waals surface area contributed by atoms with Crippen LogP contribution in [0.5, 0.6) is 0 Å². The molecule has 18 heavy (non-hydrogen) atoms. The molecule has 2 aromatic heterocycles. The van der Waals surface area contributed by atoms with Gasteiger partial charge < -0.3 is 4.98 Å². The topological polar surface area (TPSA) is 71.5 Å². The zero-order chi connectivity index (χ0) is 12.5. The summed E-state index contributed by atoms with van der Waals surface area (Å²) in [5, 5.41) is 10.6. The summed E-state index contributed by atoms with van der Waals surface area (Å²) in [6.07, 6.45) is 2.82. The van der Waals surface area contributed by atoms with Crippen LogP contribution in [0.15, 0.2) is 9.95 Å². The molecule has 0 spiro atoms. The summed E-state index contributed by atoms with van der Waals surface area (Å²) < 4.78 is 0. The van der Waals surface area contributed by atoms with Gasteiger partial charge in [0.05, 0.1) is 11.4 Å². The molecule has 0 bridgehead atoms. The lowest BCUT2D eigenvalue weighted by atomic mass is 10.3. The van der Waals surface area contributed by atoms with Gasteiger partial charge >= 0.3 is 0 Å². The summed E-state index contributed by atoms with van der Waals surface area (Å²) in [7, 11) is 0. The lowest BCUT2D eigenvalue weighted by Gasteiger charge is -2.01. The van der Waals surface area contributed by atoms with Crippen molar-refractivity contribution in [3.8, 4) is 0 Å². The van der Waals surface area contributed by atoms with Crippen LogP contribution in [0.25, 0.3) is 0 Å². The van der Waals surface area contributed by atoms with Gasteiger partial charge in [0.15, 0.2) is 5.16 Å². The van der Waals surface area contributed by atoms with Gasteiger partial charge in [-0.2, -0.15) is 0 Å². The molecule has 0 aromatic carbocycles. The lowest BCUT2D eigenvalue weighted by Crippen LogP contribution is -2.14. The number of hydrogen-bond acceptors (Lipinski definition) is 6. The van der Waals surface area contributed by atoms with E-state index in [1.54, 1.807) is 11.3 Å². The Morgan fingerprint density at radius 2 is 2.28 bits per heavy atom. The largest absolute Gasteiger partial charge is 0.301 e. The van der Waals surface area contributed by atoms with Crippen LogP contribution in [0.2, 0.25) is 0 Å². The van der Waals surface area contributed by atoms with Crippen molar-refractivity contribution in [1.29, 1.82) is 0 Å². The van der Waals surface area contributed by atoms with E-state index in [0.29, 0.717) is 10.9 Å². The van der Waals surface area contributed by atoms with Crippen LogP contribution >= 0.6 is 23.1 Å². The van der Waals surface area contributed by atoms with E-state index in [2.05, 4.69) is 20.2 Å². The van der Waals surface area contributed by atoms with Crippen LogP contribution in [0, 0.1) is 6.92 Å². The number of rotatable bonds is 3. The molecule has 0 atom stereocenters. The van der Waals surface area contributed by atoms with Crippen molar-refractivity contribution in [2.75, 3.05) is 0 Å². The molecule has 1 N–H and O–H groups in total. The van der Waals surface area contributed by atoms with Crippen molar-refractivity contribution in [2.45, 2.75) is 37.1 Å². The van der Waals surface area contributed by atoms with Crippen molar-refractivity contribution in [3.63, 3.8) is 0 Å². The highest BCUT2D eigenvalue weighted by Crippen LogP contribution is 2.23. The third-order valence-corrected chi connectivity index (χ3v) is 4.73. The Bertz CT molecular complexity index is 634. The predicted molar refractivity (Wildman–Crippen MR) is 71.1 cm³/mol. The van der Waals surface area contributed by atoms with Crippen molar-refractivity contribution in [3.05, 3.63) is 31.6 Å². The van der Waals surface area contributed by atoms with Crippen LogP contribution in [-0.2, 0) is 18.6 Å². The van der Waals surface area contributed by atoms with E-state index < -0.39 is 0 Å². The van der Waals surface area contributed by atoms with Gasteiger partial charge in [-0.05, 0) is 26.2 Å². The van der Waals surface area contributed by atoms with Gasteiger partial charge in [0.1, 0.15) is 10.0 Å². The smallest absolute Gasteiger partial charge is 0.254 e. The minimum absolute atomic E-state index is 0.0217. The molecule has 0 unspecified atom stereocenters. The molecule has 0 fully saturated rings. The number of aromatic nitrogens is 4. The summed E-state index contributed by atoms with van der Waals surface area (Å²) in [6, 6.07) is 0. The maximum absolute atomic E-state index is 11.8. The first kappa shape index (κ1) is 11.9. The third kappa shape index (κ3) is 2.32. The Morgan fingerprint density at radius 1 is 1.39 bits per heavy atom. The Morgan fingerprint density at radius 3 is 3.06 bits per heavy atom. The lowest BCUT2D eigenvalue weighted by molar-refractivity contribution is 0.869. The molecule has 3 rings (SSSR count). The fourth-order valence-electron chi connectivity index (χ4n) is 2.01. The summed E-state index contributed by atoms with van der Waals surface area (Å²) in [5.74, 6) is 0.702. The molecule has 1 aliphatic rings. The first-order valence-electron chi connectivity index (χ1n) is 5.76. The van der Waals surface area contributed by atoms with Crippen molar-refractivity contribution in [2.24, 2.45) is 0 Å². The quantitative estimate of drug-likeness (QED) is 0.684. The van der Waals surface area contributed by atoms with Gasteiger partial charge in [0.25, 0.3) is 5.56 Å². The first-order chi connectivity index (χ1) is 8.72. The minimum Gasteiger partial charge on any atom is -0.301 e. The highest BCUT2D eigenvalue weighted by molar-refractivity contribution is 7.98. The highest BCUT2D eigenvalue weighted by atomic mass is 32.2. The number of aryl methyl sites for hydroxylation is 2. The second-order valence-corrected chi connectivity index (χ2v) is 6.38. The van der Waals surface area contributed by atoms with Gasteiger partial charge in [-0.1, -0.05) is 11.8 Å². The van der Waals surface area contributed by atoms with Crippen LogP contribution in [0.1, 0.15) is 27.7 Å². The molecule has 94 valence electrons. The van der Waals surface area contributed by atoms with E-state index in [1.807, 2.05) is 6.92 Å². The van der Waals surface area contributed by atoms with Crippen LogP contribution in [0.4, 0.5) is 0 Å². The van der Waals surface area contributed by atoms with E-state index in [0.717, 1.165) is 40.5 Å². The second-order valence-electron chi connectivity index (χ2n) is 4.15. The van der Waals surface area contributed by atoms with Gasteiger partial charge in [-0.3, -0.25) is 4.79 Å². The van der Waals surface area contributed by atoms with Crippen molar-refractivity contribution >= 4 is 23.1 Å². The number of nitrogens with one attached hydrogen (secondary N) is 1. The fourth-order valence-corrected chi connectivity index (χ4v) is 3.59. The molecule has 2 aromatic rings. The highest BCUT2D eigenvalue weighted by Gasteiger charge is 2.17. The minimum atomic E-state index is 0.0217. The van der Waals surface area contributed by atoms with E-state index in [4.69, 9.17) is 0 Å². The van der Waals surface area contributed by atoms with Gasteiger partial charge in [-0.15, -0.1) is 21.5 Å². The summed E-state index contributed by atoms with van der Waals surface area (Å²) in [6.45, 7) is 1.93. The SMILES string of the molecule is Cc1nnc(CSc2nc3c(c(=O)[nH]2)CCC3)s1. The average Bonchev–Trinajstić information content (AvgIpc) is 2.95. The summed E-state index contributed by atoms with van der Waals surface area (Å²) in [4.78, 5) is 19.2. The Balaban J connectivity index is 1.77. The standard InChI is InChI=1S/C11H12N4OS2/c1-6-14-15-9(18-6)5-17-11-12-8-4-2-3-7(8)10(16)13-11/h2-5H2,1H3,(H,12,13,16).